The Balaban J connectivity index is 1.72. The van der Waals surface area contributed by atoms with Crippen LogP contribution in [0.5, 0.6) is 0 Å². The fourth-order valence-corrected chi connectivity index (χ4v) is 2.58. The number of nitrogens with one attached hydrogen (secondary N) is 2. The van der Waals surface area contributed by atoms with Crippen LogP contribution in [0.3, 0.4) is 0 Å². The zero-order valence-corrected chi connectivity index (χ0v) is 15.0. The highest BCUT2D eigenvalue weighted by Crippen LogP contribution is 2.24. The van der Waals surface area contributed by atoms with E-state index < -0.39 is 16.7 Å². The molecular formula is C19H17N5O4. The van der Waals surface area contributed by atoms with Crippen LogP contribution in [0.2, 0.25) is 0 Å². The molecule has 0 radical (unpaired) electrons. The van der Waals surface area contributed by atoms with E-state index in [1.54, 1.807) is 18.3 Å². The minimum atomic E-state index is -0.668. The molecule has 2 amide bonds. The third-order valence-corrected chi connectivity index (χ3v) is 4.13. The largest absolute Gasteiger partial charge is 0.300 e. The Labute approximate surface area is 160 Å². The quantitative estimate of drug-likeness (QED) is 0.521. The molecule has 1 heterocycles. The number of aryl methyl sites for hydroxylation is 1. The highest BCUT2D eigenvalue weighted by atomic mass is 16.6. The van der Waals surface area contributed by atoms with Crippen molar-refractivity contribution < 1.29 is 14.5 Å². The Morgan fingerprint density at radius 1 is 1.07 bits per heavy atom. The predicted molar refractivity (Wildman–Crippen MR) is 101 cm³/mol. The molecule has 0 aliphatic heterocycles. The van der Waals surface area contributed by atoms with Crippen LogP contribution in [0.15, 0.2) is 61.2 Å². The molecule has 142 valence electrons. The van der Waals surface area contributed by atoms with Crippen molar-refractivity contribution in [2.24, 2.45) is 0 Å². The van der Waals surface area contributed by atoms with Gasteiger partial charge in [-0.1, -0.05) is 19.1 Å². The summed E-state index contributed by atoms with van der Waals surface area (Å²) in [4.78, 5) is 39.0. The second-order valence-corrected chi connectivity index (χ2v) is 5.89. The third kappa shape index (κ3) is 4.04. The average molecular weight is 379 g/mol. The van der Waals surface area contributed by atoms with Gasteiger partial charge in [-0.05, 0) is 36.2 Å². The number of carbonyl (C=O) groups is 2. The van der Waals surface area contributed by atoms with Crippen molar-refractivity contribution in [1.29, 1.82) is 0 Å². The standard InChI is InChI=1S/C19H17N5O4/c1-2-13-3-5-14(6-4-13)18(25)21-22-19(26)15-7-8-16(17(11-15)24(27)28)23-10-9-20-12-23/h3-12H,2H2,1H3,(H,21,25)(H,22,26). The first-order chi connectivity index (χ1) is 13.5. The molecular weight excluding hydrogens is 362 g/mol. The van der Waals surface area contributed by atoms with Gasteiger partial charge in [-0.3, -0.25) is 30.6 Å². The maximum absolute atomic E-state index is 12.3. The van der Waals surface area contributed by atoms with Gasteiger partial charge < -0.3 is 4.57 Å². The summed E-state index contributed by atoms with van der Waals surface area (Å²) in [6, 6.07) is 11.0. The van der Waals surface area contributed by atoms with Crippen molar-refractivity contribution >= 4 is 17.5 Å². The second-order valence-electron chi connectivity index (χ2n) is 5.89. The van der Waals surface area contributed by atoms with Crippen LogP contribution < -0.4 is 10.9 Å². The maximum Gasteiger partial charge on any atom is 0.294 e. The van der Waals surface area contributed by atoms with E-state index in [-0.39, 0.29) is 16.9 Å². The summed E-state index contributed by atoms with van der Waals surface area (Å²) in [7, 11) is 0. The molecule has 0 aliphatic carbocycles. The van der Waals surface area contributed by atoms with Crippen LogP contribution in [0.1, 0.15) is 33.2 Å². The van der Waals surface area contributed by atoms with E-state index in [9.17, 15) is 19.7 Å². The molecule has 2 aromatic carbocycles. The number of hydrogen-bond acceptors (Lipinski definition) is 5. The lowest BCUT2D eigenvalue weighted by molar-refractivity contribution is -0.384. The first kappa shape index (κ1) is 18.8. The molecule has 0 saturated carbocycles. The van der Waals surface area contributed by atoms with E-state index in [4.69, 9.17) is 0 Å². The van der Waals surface area contributed by atoms with Gasteiger partial charge in [0.05, 0.1) is 11.3 Å². The summed E-state index contributed by atoms with van der Waals surface area (Å²) in [6.07, 6.45) is 5.33. The number of nitrogens with zero attached hydrogens (tertiary/aromatic N) is 3. The number of amides is 2. The number of nitro benzene ring substituents is 1. The topological polar surface area (TPSA) is 119 Å². The van der Waals surface area contributed by atoms with Crippen molar-refractivity contribution in [3.8, 4) is 5.69 Å². The fourth-order valence-electron chi connectivity index (χ4n) is 2.58. The van der Waals surface area contributed by atoms with Crippen LogP contribution in [0.4, 0.5) is 5.69 Å². The molecule has 0 fully saturated rings. The first-order valence-corrected chi connectivity index (χ1v) is 8.46. The summed E-state index contributed by atoms with van der Waals surface area (Å²) >= 11 is 0. The number of carbonyl (C=O) groups excluding carboxylic acids is 2. The Morgan fingerprint density at radius 3 is 2.29 bits per heavy atom. The molecule has 0 atom stereocenters. The molecule has 28 heavy (non-hydrogen) atoms. The Morgan fingerprint density at radius 2 is 1.71 bits per heavy atom. The highest BCUT2D eigenvalue weighted by Gasteiger charge is 2.19. The van der Waals surface area contributed by atoms with Gasteiger partial charge in [0.25, 0.3) is 17.5 Å². The number of benzene rings is 2. The maximum atomic E-state index is 12.3. The number of rotatable bonds is 5. The van der Waals surface area contributed by atoms with E-state index in [2.05, 4.69) is 15.8 Å². The lowest BCUT2D eigenvalue weighted by Gasteiger charge is -2.09. The normalized spacial score (nSPS) is 10.3. The van der Waals surface area contributed by atoms with Crippen molar-refractivity contribution in [3.63, 3.8) is 0 Å². The second kappa shape index (κ2) is 8.12. The summed E-state index contributed by atoms with van der Waals surface area (Å²) in [5, 5.41) is 11.4. The predicted octanol–water partition coefficient (Wildman–Crippen LogP) is 2.42. The molecule has 0 aliphatic rings. The molecule has 0 spiro atoms. The van der Waals surface area contributed by atoms with E-state index in [0.29, 0.717) is 5.56 Å². The summed E-state index contributed by atoms with van der Waals surface area (Å²) in [5.74, 6) is -1.15. The van der Waals surface area contributed by atoms with Gasteiger partial charge in [0, 0.05) is 29.6 Å². The lowest BCUT2D eigenvalue weighted by atomic mass is 10.1. The summed E-state index contributed by atoms with van der Waals surface area (Å²) < 4.78 is 1.47. The minimum absolute atomic E-state index is 0.0391. The number of hydrogen-bond donors (Lipinski definition) is 2. The van der Waals surface area contributed by atoms with Gasteiger partial charge in [-0.25, -0.2) is 4.98 Å². The molecule has 0 bridgehead atoms. The molecule has 9 heteroatoms. The number of aromatic nitrogens is 2. The smallest absolute Gasteiger partial charge is 0.294 e. The van der Waals surface area contributed by atoms with Crippen molar-refractivity contribution in [1.82, 2.24) is 20.4 Å². The molecule has 3 aromatic rings. The number of imidazole rings is 1. The van der Waals surface area contributed by atoms with E-state index >= 15 is 0 Å². The first-order valence-electron chi connectivity index (χ1n) is 8.46. The molecule has 1 aromatic heterocycles. The molecule has 9 nitrogen and oxygen atoms in total. The van der Waals surface area contributed by atoms with Crippen LogP contribution >= 0.6 is 0 Å². The lowest BCUT2D eigenvalue weighted by Crippen LogP contribution is -2.41. The molecule has 0 unspecified atom stereocenters. The van der Waals surface area contributed by atoms with Crippen LogP contribution in [0, 0.1) is 10.1 Å². The molecule has 0 saturated heterocycles. The third-order valence-electron chi connectivity index (χ3n) is 4.13. The zero-order chi connectivity index (χ0) is 20.1. The Hall–Kier alpha value is -4.01. The van der Waals surface area contributed by atoms with Crippen molar-refractivity contribution in [3.05, 3.63) is 88.0 Å². The van der Waals surface area contributed by atoms with Gasteiger partial charge in [0.2, 0.25) is 0 Å². The van der Waals surface area contributed by atoms with Gasteiger partial charge in [0.15, 0.2) is 0 Å². The highest BCUT2D eigenvalue weighted by molar-refractivity contribution is 5.99. The van der Waals surface area contributed by atoms with Crippen molar-refractivity contribution in [2.75, 3.05) is 0 Å². The van der Waals surface area contributed by atoms with Gasteiger partial charge >= 0.3 is 0 Å². The summed E-state index contributed by atoms with van der Waals surface area (Å²) in [6.45, 7) is 2.01. The van der Waals surface area contributed by atoms with Crippen LogP contribution in [-0.2, 0) is 6.42 Å². The molecule has 3 rings (SSSR count). The zero-order valence-electron chi connectivity index (χ0n) is 15.0. The summed E-state index contributed by atoms with van der Waals surface area (Å²) in [5.41, 5.74) is 6.10. The van der Waals surface area contributed by atoms with Crippen LogP contribution in [0.25, 0.3) is 5.69 Å². The van der Waals surface area contributed by atoms with Crippen LogP contribution in [-0.4, -0.2) is 26.3 Å². The number of hydrazine groups is 1. The SMILES string of the molecule is CCc1ccc(C(=O)NNC(=O)c2ccc(-n3ccnc3)c([N+](=O)[O-])c2)cc1. The Bertz CT molecular complexity index is 1010. The Kier molecular flexibility index (Phi) is 5.45. The van der Waals surface area contributed by atoms with Gasteiger partial charge in [-0.2, -0.15) is 0 Å². The minimum Gasteiger partial charge on any atom is -0.300 e. The van der Waals surface area contributed by atoms with E-state index in [0.717, 1.165) is 18.1 Å². The van der Waals surface area contributed by atoms with Crippen molar-refractivity contribution in [2.45, 2.75) is 13.3 Å². The van der Waals surface area contributed by atoms with E-state index in [1.807, 2.05) is 19.1 Å². The molecule has 2 N–H and O–H groups in total. The number of nitro groups is 1. The fraction of sp³-hybridized carbons (Fsp3) is 0.105. The monoisotopic (exact) mass is 379 g/mol. The van der Waals surface area contributed by atoms with Gasteiger partial charge in [-0.15, -0.1) is 0 Å². The average Bonchev–Trinajstić information content (AvgIpc) is 3.26. The van der Waals surface area contributed by atoms with E-state index in [1.165, 1.54) is 29.2 Å². The van der Waals surface area contributed by atoms with Gasteiger partial charge in [0.1, 0.15) is 5.69 Å².